The number of halogens is 1. The van der Waals surface area contributed by atoms with Crippen molar-refractivity contribution in [3.05, 3.63) is 22.3 Å². The fourth-order valence-corrected chi connectivity index (χ4v) is 2.81. The average Bonchev–Trinajstić information content (AvgIpc) is 2.36. The number of aromatic carboxylic acids is 1. The number of hydrogen-bond donors (Lipinski definition) is 1. The molecular formula is C12H17BrN2O2S. The van der Waals surface area contributed by atoms with Crippen molar-refractivity contribution in [1.82, 2.24) is 9.88 Å². The average molecular weight is 333 g/mol. The van der Waals surface area contributed by atoms with E-state index in [1.165, 1.54) is 11.8 Å². The van der Waals surface area contributed by atoms with Gasteiger partial charge >= 0.3 is 5.97 Å². The predicted molar refractivity (Wildman–Crippen MR) is 77.4 cm³/mol. The minimum Gasteiger partial charge on any atom is -0.478 e. The lowest BCUT2D eigenvalue weighted by Crippen LogP contribution is -2.25. The summed E-state index contributed by atoms with van der Waals surface area (Å²) in [6.45, 7) is 7.20. The Morgan fingerprint density at radius 2 is 2.17 bits per heavy atom. The number of carboxylic acid groups (broad SMARTS) is 1. The van der Waals surface area contributed by atoms with Crippen LogP contribution in [-0.4, -0.2) is 46.3 Å². The van der Waals surface area contributed by atoms with Gasteiger partial charge in [0, 0.05) is 23.0 Å². The molecule has 0 radical (unpaired) electrons. The molecular weight excluding hydrogens is 316 g/mol. The van der Waals surface area contributed by atoms with Crippen molar-refractivity contribution in [2.24, 2.45) is 0 Å². The summed E-state index contributed by atoms with van der Waals surface area (Å²) in [6, 6.07) is 1.59. The molecule has 0 amide bonds. The molecule has 100 valence electrons. The summed E-state index contributed by atoms with van der Waals surface area (Å²) in [5.74, 6) is -0.0921. The van der Waals surface area contributed by atoms with Gasteiger partial charge in [-0.15, -0.1) is 11.8 Å². The minimum absolute atomic E-state index is 0.258. The monoisotopic (exact) mass is 332 g/mol. The van der Waals surface area contributed by atoms with Crippen LogP contribution in [0.1, 0.15) is 24.2 Å². The van der Waals surface area contributed by atoms with Crippen molar-refractivity contribution in [2.45, 2.75) is 18.9 Å². The number of pyridine rings is 1. The molecule has 1 aromatic rings. The van der Waals surface area contributed by atoms with Crippen LogP contribution in [0.3, 0.4) is 0 Å². The van der Waals surface area contributed by atoms with E-state index in [1.54, 1.807) is 12.3 Å². The van der Waals surface area contributed by atoms with Crippen LogP contribution < -0.4 is 0 Å². The molecule has 18 heavy (non-hydrogen) atoms. The number of hydrogen-bond acceptors (Lipinski definition) is 4. The molecule has 6 heteroatoms. The maximum absolute atomic E-state index is 11.1. The zero-order valence-electron chi connectivity index (χ0n) is 10.5. The second-order valence-electron chi connectivity index (χ2n) is 3.69. The fourth-order valence-electron chi connectivity index (χ4n) is 1.51. The van der Waals surface area contributed by atoms with Gasteiger partial charge in [-0.05, 0) is 35.1 Å². The highest BCUT2D eigenvalue weighted by Gasteiger charge is 2.12. The van der Waals surface area contributed by atoms with Gasteiger partial charge in [-0.3, -0.25) is 0 Å². The first-order valence-corrected chi connectivity index (χ1v) is 7.60. The van der Waals surface area contributed by atoms with E-state index in [9.17, 15) is 4.79 Å². The summed E-state index contributed by atoms with van der Waals surface area (Å²) in [7, 11) is 0. The van der Waals surface area contributed by atoms with E-state index in [4.69, 9.17) is 5.11 Å². The second-order valence-corrected chi connectivity index (χ2v) is 5.69. The van der Waals surface area contributed by atoms with Crippen LogP contribution in [0, 0.1) is 0 Å². The van der Waals surface area contributed by atoms with Crippen molar-refractivity contribution in [2.75, 3.05) is 25.4 Å². The van der Waals surface area contributed by atoms with Gasteiger partial charge in [0.25, 0.3) is 0 Å². The van der Waals surface area contributed by atoms with Crippen molar-refractivity contribution in [3.63, 3.8) is 0 Å². The van der Waals surface area contributed by atoms with Gasteiger partial charge in [0.15, 0.2) is 0 Å². The van der Waals surface area contributed by atoms with E-state index in [0.717, 1.165) is 25.4 Å². The van der Waals surface area contributed by atoms with E-state index in [2.05, 4.69) is 39.7 Å². The first kappa shape index (κ1) is 15.5. The Bertz CT molecular complexity index is 411. The molecule has 0 spiro atoms. The Morgan fingerprint density at radius 3 is 2.72 bits per heavy atom. The zero-order chi connectivity index (χ0) is 13.5. The van der Waals surface area contributed by atoms with E-state index in [0.29, 0.717) is 9.50 Å². The molecule has 0 unspecified atom stereocenters. The van der Waals surface area contributed by atoms with Crippen molar-refractivity contribution < 1.29 is 9.90 Å². The number of nitrogens with zero attached hydrogens (tertiary/aromatic N) is 2. The van der Waals surface area contributed by atoms with Crippen LogP contribution in [0.4, 0.5) is 0 Å². The molecule has 0 aliphatic heterocycles. The van der Waals surface area contributed by atoms with E-state index < -0.39 is 5.97 Å². The van der Waals surface area contributed by atoms with Gasteiger partial charge < -0.3 is 10.0 Å². The fraction of sp³-hybridized carbons (Fsp3) is 0.500. The van der Waals surface area contributed by atoms with Crippen LogP contribution in [-0.2, 0) is 0 Å². The Labute approximate surface area is 120 Å². The molecule has 0 aliphatic rings. The number of carbonyl (C=O) groups is 1. The van der Waals surface area contributed by atoms with Gasteiger partial charge in [-0.25, -0.2) is 9.78 Å². The highest BCUT2D eigenvalue weighted by atomic mass is 79.9. The Hall–Kier alpha value is -0.590. The summed E-state index contributed by atoms with van der Waals surface area (Å²) >= 11 is 4.72. The second kappa shape index (κ2) is 7.76. The topological polar surface area (TPSA) is 53.4 Å². The molecule has 0 bridgehead atoms. The summed E-state index contributed by atoms with van der Waals surface area (Å²) in [6.07, 6.45) is 1.63. The zero-order valence-corrected chi connectivity index (χ0v) is 12.9. The smallest absolute Gasteiger partial charge is 0.338 e. The molecule has 1 rings (SSSR count). The highest BCUT2D eigenvalue weighted by molar-refractivity contribution is 9.10. The molecule has 0 aliphatic carbocycles. The molecule has 0 saturated heterocycles. The molecule has 1 heterocycles. The first-order chi connectivity index (χ1) is 8.58. The third kappa shape index (κ3) is 4.59. The maximum atomic E-state index is 11.1. The normalized spacial score (nSPS) is 10.9. The molecule has 0 saturated carbocycles. The summed E-state index contributed by atoms with van der Waals surface area (Å²) in [4.78, 5) is 17.6. The number of thioether (sulfide) groups is 1. The number of aromatic nitrogens is 1. The standard InChI is InChI=1S/C12H17BrN2O2S/c1-3-15(4-2)5-6-18-11-10(12(16)17)7-9(13)8-14-11/h7-8H,3-6H2,1-2H3,(H,16,17). The lowest BCUT2D eigenvalue weighted by atomic mass is 10.3. The van der Waals surface area contributed by atoms with Crippen LogP contribution in [0.25, 0.3) is 0 Å². The lowest BCUT2D eigenvalue weighted by molar-refractivity contribution is 0.0692. The SMILES string of the molecule is CCN(CC)CCSc1ncc(Br)cc1C(=O)O. The third-order valence-corrected chi connectivity index (χ3v) is 4.01. The van der Waals surface area contributed by atoms with Crippen molar-refractivity contribution in [1.29, 1.82) is 0 Å². The molecule has 1 N–H and O–H groups in total. The molecule has 0 atom stereocenters. The molecule has 4 nitrogen and oxygen atoms in total. The van der Waals surface area contributed by atoms with Crippen molar-refractivity contribution in [3.8, 4) is 0 Å². The number of rotatable bonds is 7. The van der Waals surface area contributed by atoms with Crippen molar-refractivity contribution >= 4 is 33.7 Å². The van der Waals surface area contributed by atoms with Gasteiger partial charge in [-0.2, -0.15) is 0 Å². The van der Waals surface area contributed by atoms with Gasteiger partial charge in [0.05, 0.1) is 5.56 Å². The first-order valence-electron chi connectivity index (χ1n) is 5.82. The highest BCUT2D eigenvalue weighted by Crippen LogP contribution is 2.23. The van der Waals surface area contributed by atoms with E-state index >= 15 is 0 Å². The quantitative estimate of drug-likeness (QED) is 0.778. The van der Waals surface area contributed by atoms with Crippen LogP contribution in [0.5, 0.6) is 0 Å². The van der Waals surface area contributed by atoms with E-state index in [-0.39, 0.29) is 5.56 Å². The predicted octanol–water partition coefficient (Wildman–Crippen LogP) is 2.98. The van der Waals surface area contributed by atoms with Gasteiger partial charge in [0.2, 0.25) is 0 Å². The maximum Gasteiger partial charge on any atom is 0.338 e. The van der Waals surface area contributed by atoms with E-state index in [1.807, 2.05) is 0 Å². The summed E-state index contributed by atoms with van der Waals surface area (Å²) in [5.41, 5.74) is 0.258. The number of carboxylic acids is 1. The third-order valence-electron chi connectivity index (χ3n) is 2.59. The molecule has 0 fully saturated rings. The van der Waals surface area contributed by atoms with Crippen LogP contribution >= 0.6 is 27.7 Å². The Morgan fingerprint density at radius 1 is 1.50 bits per heavy atom. The van der Waals surface area contributed by atoms with Crippen LogP contribution in [0.2, 0.25) is 0 Å². The summed E-state index contributed by atoms with van der Waals surface area (Å²) < 4.78 is 0.688. The Kier molecular flexibility index (Phi) is 6.67. The largest absolute Gasteiger partial charge is 0.478 e. The molecule has 0 aromatic carbocycles. The minimum atomic E-state index is -0.936. The summed E-state index contributed by atoms with van der Waals surface area (Å²) in [5, 5.41) is 9.69. The molecule has 1 aromatic heterocycles. The lowest BCUT2D eigenvalue weighted by Gasteiger charge is -2.17. The van der Waals surface area contributed by atoms with Crippen LogP contribution in [0.15, 0.2) is 21.8 Å². The van der Waals surface area contributed by atoms with Gasteiger partial charge in [-0.1, -0.05) is 13.8 Å². The van der Waals surface area contributed by atoms with Gasteiger partial charge in [0.1, 0.15) is 5.03 Å². The Balaban J connectivity index is 2.64.